The monoisotopic (exact) mass is 531 g/mol. The maximum atomic E-state index is 13.8. The summed E-state index contributed by atoms with van der Waals surface area (Å²) in [4.78, 5) is 22.7. The van der Waals surface area contributed by atoms with Crippen LogP contribution in [0.15, 0.2) is 60.7 Å². The lowest BCUT2D eigenvalue weighted by atomic mass is 10.0. The van der Waals surface area contributed by atoms with Crippen LogP contribution in [0.3, 0.4) is 0 Å². The molecule has 0 aliphatic carbocycles. The molecule has 0 unspecified atom stereocenters. The average molecular weight is 532 g/mol. The molecule has 1 aromatic heterocycles. The van der Waals surface area contributed by atoms with Crippen molar-refractivity contribution in [2.45, 2.75) is 6.54 Å². The maximum Gasteiger partial charge on any atom is 0.254 e. The predicted molar refractivity (Wildman–Crippen MR) is 144 cm³/mol. The maximum absolute atomic E-state index is 13.8. The van der Waals surface area contributed by atoms with Crippen LogP contribution in [-0.4, -0.2) is 65.9 Å². The summed E-state index contributed by atoms with van der Waals surface area (Å²) in [5, 5.41) is 11.8. The fraction of sp³-hybridized carbons (Fsp3) is 0.241. The molecule has 0 spiro atoms. The quantitative estimate of drug-likeness (QED) is 0.390. The van der Waals surface area contributed by atoms with Crippen LogP contribution in [0.2, 0.25) is 5.02 Å². The van der Waals surface area contributed by atoms with Crippen LogP contribution in [0.25, 0.3) is 22.2 Å². The first kappa shape index (κ1) is 24.3. The molecular weight excluding hydrogens is 506 g/mol. The van der Waals surface area contributed by atoms with Crippen LogP contribution in [0.5, 0.6) is 23.0 Å². The number of hydrogen-bond acceptors (Lipinski definition) is 7. The van der Waals surface area contributed by atoms with Gasteiger partial charge in [-0.2, -0.15) is 0 Å². The molecule has 4 aromatic rings. The van der Waals surface area contributed by atoms with Crippen molar-refractivity contribution in [1.29, 1.82) is 0 Å². The highest BCUT2D eigenvalue weighted by Gasteiger charge is 2.25. The van der Waals surface area contributed by atoms with Crippen molar-refractivity contribution >= 4 is 28.4 Å². The fourth-order valence-corrected chi connectivity index (χ4v) is 5.12. The Hall–Kier alpha value is -4.01. The van der Waals surface area contributed by atoms with Crippen LogP contribution in [0, 0.1) is 0 Å². The fourth-order valence-electron chi connectivity index (χ4n) is 4.94. The van der Waals surface area contributed by atoms with Gasteiger partial charge in [-0.05, 0) is 54.1 Å². The first-order valence-electron chi connectivity index (χ1n) is 12.4. The number of carbonyl (C=O) groups is 1. The summed E-state index contributed by atoms with van der Waals surface area (Å²) in [7, 11) is 1.54. The molecule has 2 aliphatic rings. The van der Waals surface area contributed by atoms with Crippen LogP contribution >= 0.6 is 11.6 Å². The lowest BCUT2D eigenvalue weighted by molar-refractivity contribution is 0.0630. The minimum Gasteiger partial charge on any atom is -0.507 e. The Bertz CT molecular complexity index is 1530. The molecule has 194 valence electrons. The van der Waals surface area contributed by atoms with E-state index in [-0.39, 0.29) is 18.4 Å². The first-order chi connectivity index (χ1) is 18.5. The van der Waals surface area contributed by atoms with Crippen molar-refractivity contribution in [2.24, 2.45) is 0 Å². The van der Waals surface area contributed by atoms with Gasteiger partial charge in [0.05, 0.1) is 23.9 Å². The molecule has 38 heavy (non-hydrogen) atoms. The number of piperazine rings is 1. The summed E-state index contributed by atoms with van der Waals surface area (Å²) in [6.07, 6.45) is 0. The van der Waals surface area contributed by atoms with E-state index in [0.29, 0.717) is 51.6 Å². The topological polar surface area (TPSA) is 84.4 Å². The second-order valence-corrected chi connectivity index (χ2v) is 9.79. The number of pyridine rings is 1. The van der Waals surface area contributed by atoms with E-state index in [0.717, 1.165) is 36.7 Å². The molecule has 6 rings (SSSR count). The van der Waals surface area contributed by atoms with Crippen LogP contribution in [-0.2, 0) is 6.54 Å². The van der Waals surface area contributed by atoms with E-state index in [1.165, 1.54) is 13.2 Å². The third kappa shape index (κ3) is 4.68. The van der Waals surface area contributed by atoms with Gasteiger partial charge in [-0.15, -0.1) is 0 Å². The molecule has 9 heteroatoms. The molecule has 1 saturated heterocycles. The molecule has 0 atom stereocenters. The Balaban J connectivity index is 1.24. The van der Waals surface area contributed by atoms with Gasteiger partial charge in [0.1, 0.15) is 11.5 Å². The molecule has 0 radical (unpaired) electrons. The molecule has 0 saturated carbocycles. The summed E-state index contributed by atoms with van der Waals surface area (Å²) in [5.41, 5.74) is 3.31. The van der Waals surface area contributed by atoms with E-state index < -0.39 is 0 Å². The third-order valence-corrected chi connectivity index (χ3v) is 7.22. The molecular formula is C29H26ClN3O5. The summed E-state index contributed by atoms with van der Waals surface area (Å²) in [6, 6.07) is 18.1. The molecule has 1 N–H and O–H groups in total. The van der Waals surface area contributed by atoms with Crippen molar-refractivity contribution in [3.63, 3.8) is 0 Å². The standard InChI is InChI=1S/C29H26ClN3O5/c1-36-20-4-5-21(26(34)14-20)25-15-23(22-13-19(30)3-6-24(22)31-25)29(35)33-10-8-32(9-11-33)16-18-2-7-27-28(12-18)38-17-37-27/h2-7,12-15,34H,8-11,16-17H2,1H3. The summed E-state index contributed by atoms with van der Waals surface area (Å²) < 4.78 is 16.1. The van der Waals surface area contributed by atoms with Crippen molar-refractivity contribution in [1.82, 2.24) is 14.8 Å². The number of ether oxygens (including phenoxy) is 3. The molecule has 3 aromatic carbocycles. The van der Waals surface area contributed by atoms with Crippen LogP contribution in [0.4, 0.5) is 0 Å². The number of rotatable bonds is 5. The van der Waals surface area contributed by atoms with Gasteiger partial charge in [0.25, 0.3) is 5.91 Å². The highest BCUT2D eigenvalue weighted by atomic mass is 35.5. The van der Waals surface area contributed by atoms with Crippen molar-refractivity contribution in [3.05, 3.63) is 76.8 Å². The number of nitrogens with zero attached hydrogens (tertiary/aromatic N) is 3. The van der Waals surface area contributed by atoms with Gasteiger partial charge >= 0.3 is 0 Å². The lowest BCUT2D eigenvalue weighted by Crippen LogP contribution is -2.48. The minimum absolute atomic E-state index is 0.0284. The average Bonchev–Trinajstić information content (AvgIpc) is 3.40. The van der Waals surface area contributed by atoms with Gasteiger partial charge in [-0.25, -0.2) is 4.98 Å². The SMILES string of the molecule is COc1ccc(-c2cc(C(=O)N3CCN(Cc4ccc5c(c4)OCO5)CC3)c3cc(Cl)ccc3n2)c(O)c1. The number of carbonyl (C=O) groups excluding carboxylic acids is 1. The van der Waals surface area contributed by atoms with Gasteiger partial charge in [0, 0.05) is 54.8 Å². The number of aromatic nitrogens is 1. The number of phenolic OH excluding ortho intramolecular Hbond substituents is 1. The van der Waals surface area contributed by atoms with Crippen LogP contribution < -0.4 is 14.2 Å². The van der Waals surface area contributed by atoms with E-state index in [1.807, 2.05) is 23.1 Å². The normalized spacial score (nSPS) is 15.2. The predicted octanol–water partition coefficient (Wildman–Crippen LogP) is 4.96. The largest absolute Gasteiger partial charge is 0.507 e. The van der Waals surface area contributed by atoms with Gasteiger partial charge in [0.2, 0.25) is 6.79 Å². The zero-order chi connectivity index (χ0) is 26.2. The Morgan fingerprint density at radius 1 is 1.00 bits per heavy atom. The molecule has 8 nitrogen and oxygen atoms in total. The number of benzene rings is 3. The van der Waals surface area contributed by atoms with Crippen molar-refractivity contribution in [2.75, 3.05) is 40.1 Å². The Morgan fingerprint density at radius 2 is 1.82 bits per heavy atom. The number of aromatic hydroxyl groups is 1. The Morgan fingerprint density at radius 3 is 2.61 bits per heavy atom. The lowest BCUT2D eigenvalue weighted by Gasteiger charge is -2.35. The number of halogens is 1. The number of methoxy groups -OCH3 is 1. The Kier molecular flexibility index (Phi) is 6.43. The number of phenols is 1. The molecule has 2 aliphatic heterocycles. The van der Waals surface area contributed by atoms with Gasteiger partial charge in [0.15, 0.2) is 11.5 Å². The van der Waals surface area contributed by atoms with E-state index in [1.54, 1.807) is 36.4 Å². The highest BCUT2D eigenvalue weighted by Crippen LogP contribution is 2.35. The minimum atomic E-state index is -0.0864. The van der Waals surface area contributed by atoms with Gasteiger partial charge < -0.3 is 24.2 Å². The Labute approximate surface area is 224 Å². The van der Waals surface area contributed by atoms with Gasteiger partial charge in [-0.1, -0.05) is 17.7 Å². The molecule has 0 bridgehead atoms. The smallest absolute Gasteiger partial charge is 0.254 e. The molecule has 3 heterocycles. The van der Waals surface area contributed by atoms with E-state index >= 15 is 0 Å². The van der Waals surface area contributed by atoms with E-state index in [9.17, 15) is 9.90 Å². The van der Waals surface area contributed by atoms with Crippen LogP contribution in [0.1, 0.15) is 15.9 Å². The second kappa shape index (κ2) is 10.0. The highest BCUT2D eigenvalue weighted by molar-refractivity contribution is 6.31. The zero-order valence-corrected chi connectivity index (χ0v) is 21.6. The second-order valence-electron chi connectivity index (χ2n) is 9.36. The van der Waals surface area contributed by atoms with E-state index in [2.05, 4.69) is 4.90 Å². The summed E-state index contributed by atoms with van der Waals surface area (Å²) in [6.45, 7) is 3.71. The zero-order valence-electron chi connectivity index (χ0n) is 20.8. The third-order valence-electron chi connectivity index (χ3n) is 6.98. The van der Waals surface area contributed by atoms with Crippen molar-refractivity contribution in [3.8, 4) is 34.3 Å². The number of fused-ring (bicyclic) bond motifs is 2. The number of hydrogen-bond donors (Lipinski definition) is 1. The molecule has 1 amide bonds. The molecule has 1 fully saturated rings. The van der Waals surface area contributed by atoms with E-state index in [4.69, 9.17) is 30.8 Å². The van der Waals surface area contributed by atoms with Crippen molar-refractivity contribution < 1.29 is 24.1 Å². The number of amides is 1. The van der Waals surface area contributed by atoms with Gasteiger partial charge in [-0.3, -0.25) is 9.69 Å². The summed E-state index contributed by atoms with van der Waals surface area (Å²) >= 11 is 6.30. The first-order valence-corrected chi connectivity index (χ1v) is 12.7. The summed E-state index contributed by atoms with van der Waals surface area (Å²) in [5.74, 6) is 2.03.